The predicted molar refractivity (Wildman–Crippen MR) is 93.9 cm³/mol. The summed E-state index contributed by atoms with van der Waals surface area (Å²) in [4.78, 5) is 27.9. The number of para-hydroxylation sites is 1. The highest BCUT2D eigenvalue weighted by molar-refractivity contribution is 5.79. The summed E-state index contributed by atoms with van der Waals surface area (Å²) in [5.74, 6) is 1.23. The van der Waals surface area contributed by atoms with Gasteiger partial charge in [-0.05, 0) is 25.0 Å². The van der Waals surface area contributed by atoms with Crippen molar-refractivity contribution in [1.82, 2.24) is 9.80 Å². The normalized spacial score (nSPS) is 14.8. The molecule has 0 unspecified atom stereocenters. The van der Waals surface area contributed by atoms with Gasteiger partial charge in [-0.2, -0.15) is 0 Å². The molecule has 5 heteroatoms. The van der Waals surface area contributed by atoms with Gasteiger partial charge in [0, 0.05) is 38.5 Å². The molecule has 1 aromatic rings. The van der Waals surface area contributed by atoms with E-state index in [0.29, 0.717) is 45.6 Å². The highest BCUT2D eigenvalue weighted by atomic mass is 16.5. The van der Waals surface area contributed by atoms with E-state index in [1.54, 1.807) is 0 Å². The molecule has 1 aliphatic rings. The summed E-state index contributed by atoms with van der Waals surface area (Å²) in [6.45, 7) is 8.93. The Hall–Kier alpha value is -2.04. The third kappa shape index (κ3) is 4.98. The quantitative estimate of drug-likeness (QED) is 0.752. The molecule has 1 heterocycles. The first-order valence-corrected chi connectivity index (χ1v) is 8.74. The number of carbonyl (C=O) groups excluding carboxylic acids is 2. The Morgan fingerprint density at radius 3 is 2.33 bits per heavy atom. The van der Waals surface area contributed by atoms with Gasteiger partial charge in [0.05, 0.1) is 6.61 Å². The van der Waals surface area contributed by atoms with Crippen LogP contribution in [-0.2, 0) is 9.59 Å². The maximum absolute atomic E-state index is 12.3. The molecule has 0 N–H and O–H groups in total. The summed E-state index contributed by atoms with van der Waals surface area (Å²) in [6.07, 6.45) is 1.20. The summed E-state index contributed by atoms with van der Waals surface area (Å²) in [5, 5.41) is 0. The molecule has 0 radical (unpaired) electrons. The number of piperazine rings is 1. The van der Waals surface area contributed by atoms with Crippen molar-refractivity contribution >= 4 is 11.8 Å². The summed E-state index contributed by atoms with van der Waals surface area (Å²) in [7, 11) is 0. The summed E-state index contributed by atoms with van der Waals surface area (Å²) in [6, 6.07) is 7.89. The first-order chi connectivity index (χ1) is 11.5. The third-order valence-electron chi connectivity index (χ3n) is 4.32. The Kier molecular flexibility index (Phi) is 6.64. The number of hydrogen-bond donors (Lipinski definition) is 0. The second kappa shape index (κ2) is 8.71. The minimum absolute atomic E-state index is 0.0193. The van der Waals surface area contributed by atoms with Crippen molar-refractivity contribution in [2.24, 2.45) is 5.92 Å². The summed E-state index contributed by atoms with van der Waals surface area (Å²) >= 11 is 0. The van der Waals surface area contributed by atoms with Crippen LogP contribution in [0.5, 0.6) is 5.75 Å². The van der Waals surface area contributed by atoms with Crippen molar-refractivity contribution in [3.63, 3.8) is 0 Å². The Morgan fingerprint density at radius 1 is 1.08 bits per heavy atom. The monoisotopic (exact) mass is 332 g/mol. The van der Waals surface area contributed by atoms with Crippen LogP contribution in [-0.4, -0.2) is 54.4 Å². The molecule has 2 amide bonds. The fourth-order valence-electron chi connectivity index (χ4n) is 2.82. The molecule has 24 heavy (non-hydrogen) atoms. The number of amides is 2. The second-order valence-corrected chi connectivity index (χ2v) is 6.58. The fraction of sp³-hybridized carbons (Fsp3) is 0.579. The first-order valence-electron chi connectivity index (χ1n) is 8.74. The van der Waals surface area contributed by atoms with E-state index >= 15 is 0 Å². The molecule has 132 valence electrons. The van der Waals surface area contributed by atoms with Crippen molar-refractivity contribution in [2.45, 2.75) is 33.6 Å². The van der Waals surface area contributed by atoms with Gasteiger partial charge in [-0.15, -0.1) is 0 Å². The average Bonchev–Trinajstić information content (AvgIpc) is 2.59. The van der Waals surface area contributed by atoms with Gasteiger partial charge in [0.25, 0.3) is 0 Å². The van der Waals surface area contributed by atoms with Crippen molar-refractivity contribution < 1.29 is 14.3 Å². The molecule has 2 rings (SSSR count). The predicted octanol–water partition coefficient (Wildman–Crippen LogP) is 2.48. The topological polar surface area (TPSA) is 49.9 Å². The molecule has 1 aromatic carbocycles. The van der Waals surface area contributed by atoms with Crippen LogP contribution in [0.15, 0.2) is 24.3 Å². The van der Waals surface area contributed by atoms with E-state index in [4.69, 9.17) is 4.74 Å². The van der Waals surface area contributed by atoms with E-state index in [2.05, 4.69) is 0 Å². The van der Waals surface area contributed by atoms with E-state index in [1.165, 1.54) is 0 Å². The van der Waals surface area contributed by atoms with Gasteiger partial charge in [0.15, 0.2) is 0 Å². The van der Waals surface area contributed by atoms with Gasteiger partial charge in [-0.3, -0.25) is 9.59 Å². The maximum atomic E-state index is 12.3. The second-order valence-electron chi connectivity index (χ2n) is 6.58. The van der Waals surface area contributed by atoms with Gasteiger partial charge >= 0.3 is 0 Å². The molecule has 0 bridgehead atoms. The van der Waals surface area contributed by atoms with Crippen LogP contribution >= 0.6 is 0 Å². The van der Waals surface area contributed by atoms with Gasteiger partial charge in [-0.25, -0.2) is 0 Å². The summed E-state index contributed by atoms with van der Waals surface area (Å²) < 4.78 is 5.73. The number of aryl methyl sites for hydroxylation is 1. The molecule has 1 aliphatic heterocycles. The molecule has 0 aromatic heterocycles. The van der Waals surface area contributed by atoms with E-state index in [1.807, 2.05) is 54.8 Å². The standard InChI is InChI=1S/C19H28N2O3/c1-15(2)19(23)21-12-10-20(11-13-21)18(22)9-6-14-24-17-8-5-4-7-16(17)3/h4-5,7-8,15H,6,9-14H2,1-3H3. The first kappa shape index (κ1) is 18.3. The molecule has 0 spiro atoms. The van der Waals surface area contributed by atoms with Crippen molar-refractivity contribution in [2.75, 3.05) is 32.8 Å². The van der Waals surface area contributed by atoms with Gasteiger partial charge in [0.1, 0.15) is 5.75 Å². The lowest BCUT2D eigenvalue weighted by Gasteiger charge is -2.35. The fourth-order valence-corrected chi connectivity index (χ4v) is 2.82. The van der Waals surface area contributed by atoms with Crippen LogP contribution < -0.4 is 4.74 Å². The van der Waals surface area contributed by atoms with Crippen LogP contribution in [0.4, 0.5) is 0 Å². The lowest BCUT2D eigenvalue weighted by atomic mass is 10.1. The number of hydrogen-bond acceptors (Lipinski definition) is 3. The SMILES string of the molecule is Cc1ccccc1OCCCC(=O)N1CCN(C(=O)C(C)C)CC1. The van der Waals surface area contributed by atoms with Crippen LogP contribution in [0.2, 0.25) is 0 Å². The lowest BCUT2D eigenvalue weighted by Crippen LogP contribution is -2.51. The smallest absolute Gasteiger partial charge is 0.225 e. The number of ether oxygens (including phenoxy) is 1. The Morgan fingerprint density at radius 2 is 1.71 bits per heavy atom. The largest absolute Gasteiger partial charge is 0.493 e. The number of benzene rings is 1. The van der Waals surface area contributed by atoms with Gasteiger partial charge in [0.2, 0.25) is 11.8 Å². The molecular formula is C19H28N2O3. The molecule has 5 nitrogen and oxygen atoms in total. The van der Waals surface area contributed by atoms with Crippen molar-refractivity contribution in [1.29, 1.82) is 0 Å². The molecule has 0 atom stereocenters. The van der Waals surface area contributed by atoms with Crippen LogP contribution in [0.1, 0.15) is 32.3 Å². The summed E-state index contributed by atoms with van der Waals surface area (Å²) in [5.41, 5.74) is 1.11. The molecule has 0 aliphatic carbocycles. The Bertz CT molecular complexity index is 563. The zero-order valence-corrected chi connectivity index (χ0v) is 15.0. The zero-order chi connectivity index (χ0) is 17.5. The van der Waals surface area contributed by atoms with Gasteiger partial charge < -0.3 is 14.5 Å². The minimum atomic E-state index is 0.0193. The Labute approximate surface area is 144 Å². The molecular weight excluding hydrogens is 304 g/mol. The van der Waals surface area contributed by atoms with Crippen LogP contribution in [0, 0.1) is 12.8 Å². The molecule has 1 fully saturated rings. The van der Waals surface area contributed by atoms with E-state index < -0.39 is 0 Å². The average molecular weight is 332 g/mol. The number of nitrogens with zero attached hydrogens (tertiary/aromatic N) is 2. The number of carbonyl (C=O) groups is 2. The Balaban J connectivity index is 1.67. The molecule has 1 saturated heterocycles. The number of rotatable bonds is 6. The molecule has 0 saturated carbocycles. The zero-order valence-electron chi connectivity index (χ0n) is 15.0. The van der Waals surface area contributed by atoms with Crippen LogP contribution in [0.25, 0.3) is 0 Å². The highest BCUT2D eigenvalue weighted by Gasteiger charge is 2.24. The minimum Gasteiger partial charge on any atom is -0.493 e. The highest BCUT2D eigenvalue weighted by Crippen LogP contribution is 2.16. The van der Waals surface area contributed by atoms with Crippen molar-refractivity contribution in [3.8, 4) is 5.75 Å². The van der Waals surface area contributed by atoms with E-state index in [-0.39, 0.29) is 17.7 Å². The van der Waals surface area contributed by atoms with E-state index in [9.17, 15) is 9.59 Å². The van der Waals surface area contributed by atoms with Crippen molar-refractivity contribution in [3.05, 3.63) is 29.8 Å². The third-order valence-corrected chi connectivity index (χ3v) is 4.32. The maximum Gasteiger partial charge on any atom is 0.225 e. The lowest BCUT2D eigenvalue weighted by molar-refractivity contribution is -0.141. The van der Waals surface area contributed by atoms with Crippen LogP contribution in [0.3, 0.4) is 0 Å². The van der Waals surface area contributed by atoms with E-state index in [0.717, 1.165) is 11.3 Å². The van der Waals surface area contributed by atoms with Gasteiger partial charge in [-0.1, -0.05) is 32.0 Å².